The van der Waals surface area contributed by atoms with Gasteiger partial charge in [0.2, 0.25) is 0 Å². The fraction of sp³-hybridized carbons (Fsp3) is 0.800. The van der Waals surface area contributed by atoms with Crippen LogP contribution in [0, 0.1) is 11.8 Å². The van der Waals surface area contributed by atoms with Crippen molar-refractivity contribution in [3.63, 3.8) is 0 Å². The quantitative estimate of drug-likeness (QED) is 0.869. The average Bonchev–Trinajstić information content (AvgIpc) is 3.14. The first-order valence-electron chi connectivity index (χ1n) is 7.62. The van der Waals surface area contributed by atoms with E-state index >= 15 is 0 Å². The minimum atomic E-state index is 0.795. The van der Waals surface area contributed by atoms with Crippen LogP contribution in [0.5, 0.6) is 0 Å². The Labute approximate surface area is 120 Å². The third-order valence-electron chi connectivity index (χ3n) is 4.78. The van der Waals surface area contributed by atoms with Crippen molar-refractivity contribution in [1.29, 1.82) is 0 Å². The summed E-state index contributed by atoms with van der Waals surface area (Å²) in [6.07, 6.45) is 7.50. The van der Waals surface area contributed by atoms with Gasteiger partial charge in [0.25, 0.3) is 0 Å². The fourth-order valence-electron chi connectivity index (χ4n) is 3.07. The molecule has 1 N–H and O–H groups in total. The highest BCUT2D eigenvalue weighted by atomic mass is 35.5. The molecule has 2 aliphatic rings. The first-order valence-corrected chi connectivity index (χ1v) is 8.00. The Morgan fingerprint density at radius 3 is 2.53 bits per heavy atom. The lowest BCUT2D eigenvalue weighted by Crippen LogP contribution is -2.37. The van der Waals surface area contributed by atoms with E-state index in [1.807, 2.05) is 11.7 Å². The van der Waals surface area contributed by atoms with Gasteiger partial charge in [-0.3, -0.25) is 4.68 Å². The zero-order valence-corrected chi connectivity index (χ0v) is 12.7. The van der Waals surface area contributed by atoms with Gasteiger partial charge >= 0.3 is 0 Å². The van der Waals surface area contributed by atoms with Gasteiger partial charge < -0.3 is 5.32 Å². The SMILES string of the molecule is CCc1nn(C)c(CC2CCC2CNC2CC2)c1Cl. The summed E-state index contributed by atoms with van der Waals surface area (Å²) in [5.74, 6) is 1.64. The van der Waals surface area contributed by atoms with Crippen LogP contribution in [0.1, 0.15) is 44.0 Å². The van der Waals surface area contributed by atoms with Gasteiger partial charge in [0.05, 0.1) is 16.4 Å². The molecule has 2 atom stereocenters. The molecule has 0 spiro atoms. The second-order valence-corrected chi connectivity index (χ2v) is 6.55. The molecule has 1 aromatic heterocycles. The van der Waals surface area contributed by atoms with Gasteiger partial charge in [-0.1, -0.05) is 18.5 Å². The summed E-state index contributed by atoms with van der Waals surface area (Å²) in [6, 6.07) is 0.827. The molecule has 2 fully saturated rings. The molecule has 4 heteroatoms. The number of aromatic nitrogens is 2. The standard InChI is InChI=1S/C15H24ClN3/c1-3-13-15(16)14(19(2)18-13)8-10-4-5-11(10)9-17-12-6-7-12/h10-12,17H,3-9H2,1-2H3. The molecule has 0 radical (unpaired) electrons. The summed E-state index contributed by atoms with van der Waals surface area (Å²) in [4.78, 5) is 0. The van der Waals surface area contributed by atoms with E-state index in [-0.39, 0.29) is 0 Å². The number of hydrogen-bond donors (Lipinski definition) is 1. The van der Waals surface area contributed by atoms with Crippen molar-refractivity contribution in [1.82, 2.24) is 15.1 Å². The lowest BCUT2D eigenvalue weighted by atomic mass is 9.71. The van der Waals surface area contributed by atoms with E-state index in [0.29, 0.717) is 0 Å². The van der Waals surface area contributed by atoms with Gasteiger partial charge in [-0.05, 0) is 56.9 Å². The molecule has 0 aliphatic heterocycles. The molecular weight excluding hydrogens is 258 g/mol. The predicted octanol–water partition coefficient (Wildman–Crippen LogP) is 2.96. The molecule has 19 heavy (non-hydrogen) atoms. The van der Waals surface area contributed by atoms with Crippen molar-refractivity contribution < 1.29 is 0 Å². The van der Waals surface area contributed by atoms with Crippen molar-refractivity contribution in [2.45, 2.75) is 51.5 Å². The molecule has 0 bridgehead atoms. The minimum absolute atomic E-state index is 0.795. The van der Waals surface area contributed by atoms with E-state index in [9.17, 15) is 0 Å². The molecule has 1 heterocycles. The Kier molecular flexibility index (Phi) is 3.86. The highest BCUT2D eigenvalue weighted by molar-refractivity contribution is 6.31. The second kappa shape index (κ2) is 5.45. The van der Waals surface area contributed by atoms with Gasteiger partial charge in [0.15, 0.2) is 0 Å². The molecule has 106 valence electrons. The van der Waals surface area contributed by atoms with Crippen LogP contribution >= 0.6 is 11.6 Å². The molecule has 0 aromatic carbocycles. The Hall–Kier alpha value is -0.540. The molecular formula is C15H24ClN3. The third kappa shape index (κ3) is 2.82. The van der Waals surface area contributed by atoms with E-state index in [0.717, 1.165) is 41.4 Å². The molecule has 3 nitrogen and oxygen atoms in total. The second-order valence-electron chi connectivity index (χ2n) is 6.17. The average molecular weight is 282 g/mol. The van der Waals surface area contributed by atoms with E-state index in [1.165, 1.54) is 37.9 Å². The van der Waals surface area contributed by atoms with Crippen LogP contribution in [0.2, 0.25) is 5.02 Å². The first kappa shape index (κ1) is 13.4. The van der Waals surface area contributed by atoms with Crippen molar-refractivity contribution in [2.75, 3.05) is 6.54 Å². The van der Waals surface area contributed by atoms with E-state index in [1.54, 1.807) is 0 Å². The lowest BCUT2D eigenvalue weighted by Gasteiger charge is -2.37. The van der Waals surface area contributed by atoms with Crippen molar-refractivity contribution >= 4 is 11.6 Å². The smallest absolute Gasteiger partial charge is 0.0849 e. The highest BCUT2D eigenvalue weighted by Gasteiger charge is 2.33. The van der Waals surface area contributed by atoms with Crippen LogP contribution in [0.4, 0.5) is 0 Å². The minimum Gasteiger partial charge on any atom is -0.314 e. The zero-order chi connectivity index (χ0) is 13.4. The van der Waals surface area contributed by atoms with Crippen LogP contribution in [0.25, 0.3) is 0 Å². The monoisotopic (exact) mass is 281 g/mol. The number of nitrogens with zero attached hydrogens (tertiary/aromatic N) is 2. The number of nitrogens with one attached hydrogen (secondary N) is 1. The van der Waals surface area contributed by atoms with Crippen molar-refractivity contribution in [2.24, 2.45) is 18.9 Å². The summed E-state index contributed by atoms with van der Waals surface area (Å²) in [5, 5.41) is 9.09. The van der Waals surface area contributed by atoms with Crippen LogP contribution in [0.3, 0.4) is 0 Å². The van der Waals surface area contributed by atoms with E-state index in [2.05, 4.69) is 17.3 Å². The highest BCUT2D eigenvalue weighted by Crippen LogP contribution is 2.38. The molecule has 2 saturated carbocycles. The topological polar surface area (TPSA) is 29.9 Å². The molecule has 3 rings (SSSR count). The molecule has 2 aliphatic carbocycles. The number of aryl methyl sites for hydroxylation is 2. The zero-order valence-electron chi connectivity index (χ0n) is 12.0. The maximum absolute atomic E-state index is 6.44. The van der Waals surface area contributed by atoms with E-state index < -0.39 is 0 Å². The van der Waals surface area contributed by atoms with Crippen LogP contribution in [-0.2, 0) is 19.9 Å². The van der Waals surface area contributed by atoms with Crippen molar-refractivity contribution in [3.8, 4) is 0 Å². The fourth-order valence-corrected chi connectivity index (χ4v) is 3.44. The summed E-state index contributed by atoms with van der Waals surface area (Å²) in [7, 11) is 2.02. The molecule has 0 saturated heterocycles. The number of hydrogen-bond acceptors (Lipinski definition) is 2. The van der Waals surface area contributed by atoms with Gasteiger partial charge in [0, 0.05) is 13.1 Å². The largest absolute Gasteiger partial charge is 0.314 e. The predicted molar refractivity (Wildman–Crippen MR) is 78.5 cm³/mol. The summed E-state index contributed by atoms with van der Waals surface area (Å²) < 4.78 is 1.99. The van der Waals surface area contributed by atoms with Gasteiger partial charge in [0.1, 0.15) is 0 Å². The van der Waals surface area contributed by atoms with Crippen LogP contribution in [-0.4, -0.2) is 22.4 Å². The van der Waals surface area contributed by atoms with Gasteiger partial charge in [-0.2, -0.15) is 5.10 Å². The van der Waals surface area contributed by atoms with Crippen LogP contribution in [0.15, 0.2) is 0 Å². The lowest BCUT2D eigenvalue weighted by molar-refractivity contribution is 0.168. The number of rotatable bonds is 6. The Morgan fingerprint density at radius 1 is 1.26 bits per heavy atom. The van der Waals surface area contributed by atoms with Gasteiger partial charge in [-0.25, -0.2) is 0 Å². The Balaban J connectivity index is 1.59. The normalized spacial score (nSPS) is 26.5. The third-order valence-corrected chi connectivity index (χ3v) is 5.22. The summed E-state index contributed by atoms with van der Waals surface area (Å²) in [5.41, 5.74) is 2.28. The summed E-state index contributed by atoms with van der Waals surface area (Å²) in [6.45, 7) is 3.31. The summed E-state index contributed by atoms with van der Waals surface area (Å²) >= 11 is 6.44. The molecule has 2 unspecified atom stereocenters. The molecule has 1 aromatic rings. The Bertz CT molecular complexity index is 450. The van der Waals surface area contributed by atoms with Gasteiger partial charge in [-0.15, -0.1) is 0 Å². The van der Waals surface area contributed by atoms with Crippen LogP contribution < -0.4 is 5.32 Å². The molecule has 0 amide bonds. The Morgan fingerprint density at radius 2 is 2.00 bits per heavy atom. The maximum atomic E-state index is 6.44. The first-order chi connectivity index (χ1) is 9.19. The number of halogens is 1. The van der Waals surface area contributed by atoms with Crippen molar-refractivity contribution in [3.05, 3.63) is 16.4 Å². The maximum Gasteiger partial charge on any atom is 0.0849 e. The van der Waals surface area contributed by atoms with E-state index in [4.69, 9.17) is 11.6 Å².